The number of imidazole rings is 1. The molecule has 0 N–H and O–H groups in total. The Balaban J connectivity index is 1.76. The molecule has 0 aliphatic rings. The zero-order valence-corrected chi connectivity index (χ0v) is 15.1. The van der Waals surface area contributed by atoms with Crippen molar-refractivity contribution in [2.75, 3.05) is 0 Å². The minimum atomic E-state index is -0.323. The maximum absolute atomic E-state index is 14.8. The van der Waals surface area contributed by atoms with E-state index in [2.05, 4.69) is 9.97 Å². The van der Waals surface area contributed by atoms with Crippen LogP contribution in [0.3, 0.4) is 0 Å². The van der Waals surface area contributed by atoms with Crippen molar-refractivity contribution < 1.29 is 8.81 Å². The Kier molecular flexibility index (Phi) is 3.28. The summed E-state index contributed by atoms with van der Waals surface area (Å²) in [4.78, 5) is 13.2. The van der Waals surface area contributed by atoms with Crippen molar-refractivity contribution in [3.05, 3.63) is 85.1 Å². The van der Waals surface area contributed by atoms with E-state index in [-0.39, 0.29) is 5.82 Å². The highest BCUT2D eigenvalue weighted by atomic mass is 19.1. The third-order valence-corrected chi connectivity index (χ3v) is 5.07. The molecule has 0 bridgehead atoms. The quantitative estimate of drug-likeness (QED) is 0.397. The van der Waals surface area contributed by atoms with Crippen LogP contribution in [0, 0.1) is 5.82 Å². The number of hydrogen-bond acceptors (Lipinski definition) is 4. The Hall–Kier alpha value is -4.06. The van der Waals surface area contributed by atoms with Crippen LogP contribution in [0.15, 0.2) is 83.7 Å². The number of aromatic nitrogens is 4. The van der Waals surface area contributed by atoms with Gasteiger partial charge in [0.05, 0.1) is 17.1 Å². The summed E-state index contributed by atoms with van der Waals surface area (Å²) in [5, 5.41) is 1.19. The molecule has 6 heteroatoms. The second kappa shape index (κ2) is 5.97. The van der Waals surface area contributed by atoms with E-state index in [1.54, 1.807) is 12.3 Å². The number of hydrogen-bond donors (Lipinski definition) is 0. The van der Waals surface area contributed by atoms with E-state index >= 15 is 0 Å². The molecular weight excluding hydrogens is 367 g/mol. The Morgan fingerprint density at radius 2 is 1.72 bits per heavy atom. The van der Waals surface area contributed by atoms with Crippen molar-refractivity contribution in [1.29, 1.82) is 0 Å². The maximum Gasteiger partial charge on any atom is 0.181 e. The average Bonchev–Trinajstić information content (AvgIpc) is 3.34. The molecule has 6 rings (SSSR count). The van der Waals surface area contributed by atoms with Gasteiger partial charge in [-0.05, 0) is 30.3 Å². The van der Waals surface area contributed by atoms with Crippen LogP contribution in [0.2, 0.25) is 0 Å². The SMILES string of the molecule is Fc1ccc(-c2nc3ncncc3n2-c2ccccc2)c2oc3ccccc3c12. The number of nitrogens with zero attached hydrogens (tertiary/aromatic N) is 4. The van der Waals surface area contributed by atoms with Gasteiger partial charge in [0.15, 0.2) is 11.5 Å². The minimum absolute atomic E-state index is 0.323. The number of fused-ring (bicyclic) bond motifs is 4. The van der Waals surface area contributed by atoms with Gasteiger partial charge in [0.25, 0.3) is 0 Å². The summed E-state index contributed by atoms with van der Waals surface area (Å²) in [5.41, 5.74) is 4.03. The molecule has 0 aliphatic heterocycles. The van der Waals surface area contributed by atoms with E-state index in [1.807, 2.05) is 59.2 Å². The second-order valence-corrected chi connectivity index (χ2v) is 6.74. The summed E-state index contributed by atoms with van der Waals surface area (Å²) in [6.07, 6.45) is 3.20. The van der Waals surface area contributed by atoms with Gasteiger partial charge in [-0.1, -0.05) is 36.4 Å². The van der Waals surface area contributed by atoms with Gasteiger partial charge in [0.1, 0.15) is 28.8 Å². The molecule has 0 amide bonds. The first kappa shape index (κ1) is 15.9. The highest BCUT2D eigenvalue weighted by Gasteiger charge is 2.21. The Morgan fingerprint density at radius 1 is 0.897 bits per heavy atom. The van der Waals surface area contributed by atoms with E-state index in [1.165, 1.54) is 12.4 Å². The Labute approximate surface area is 164 Å². The molecule has 0 saturated carbocycles. The summed E-state index contributed by atoms with van der Waals surface area (Å²) in [6, 6.07) is 20.4. The lowest BCUT2D eigenvalue weighted by Gasteiger charge is -2.09. The first-order valence-corrected chi connectivity index (χ1v) is 9.15. The molecule has 0 radical (unpaired) electrons. The van der Waals surface area contributed by atoms with Crippen molar-refractivity contribution in [3.8, 4) is 17.1 Å². The van der Waals surface area contributed by atoms with Crippen LogP contribution in [0.25, 0.3) is 50.2 Å². The third-order valence-electron chi connectivity index (χ3n) is 5.07. The first-order valence-electron chi connectivity index (χ1n) is 9.15. The fourth-order valence-corrected chi connectivity index (χ4v) is 3.81. The molecular formula is C23H13FN4O. The molecule has 0 aliphatic carbocycles. The molecule has 5 nitrogen and oxygen atoms in total. The van der Waals surface area contributed by atoms with E-state index in [0.29, 0.717) is 33.6 Å². The van der Waals surface area contributed by atoms with Crippen molar-refractivity contribution in [1.82, 2.24) is 19.5 Å². The molecule has 6 aromatic rings. The van der Waals surface area contributed by atoms with E-state index in [0.717, 1.165) is 16.6 Å². The summed E-state index contributed by atoms with van der Waals surface area (Å²) >= 11 is 0. The smallest absolute Gasteiger partial charge is 0.181 e. The van der Waals surface area contributed by atoms with Crippen LogP contribution < -0.4 is 0 Å². The zero-order chi connectivity index (χ0) is 19.4. The minimum Gasteiger partial charge on any atom is -0.455 e. The van der Waals surface area contributed by atoms with Gasteiger partial charge in [-0.3, -0.25) is 4.57 Å². The van der Waals surface area contributed by atoms with Gasteiger partial charge in [-0.2, -0.15) is 0 Å². The molecule has 3 heterocycles. The van der Waals surface area contributed by atoms with Crippen LogP contribution in [0.4, 0.5) is 4.39 Å². The lowest BCUT2D eigenvalue weighted by atomic mass is 10.1. The summed E-state index contributed by atoms with van der Waals surface area (Å²) in [6.45, 7) is 0. The molecule has 0 saturated heterocycles. The summed E-state index contributed by atoms with van der Waals surface area (Å²) in [7, 11) is 0. The number of rotatable bonds is 2. The first-order chi connectivity index (χ1) is 14.3. The fourth-order valence-electron chi connectivity index (χ4n) is 3.81. The molecule has 0 unspecified atom stereocenters. The molecule has 0 atom stereocenters. The lowest BCUT2D eigenvalue weighted by molar-refractivity contribution is 0.634. The topological polar surface area (TPSA) is 56.7 Å². The number of halogens is 1. The number of benzene rings is 3. The normalized spacial score (nSPS) is 11.6. The van der Waals surface area contributed by atoms with Gasteiger partial charge in [-0.25, -0.2) is 19.3 Å². The predicted octanol–water partition coefficient (Wildman–Crippen LogP) is 5.52. The molecule has 0 spiro atoms. The van der Waals surface area contributed by atoms with Gasteiger partial charge >= 0.3 is 0 Å². The number of para-hydroxylation sites is 2. The molecule has 0 fully saturated rings. The van der Waals surface area contributed by atoms with Crippen molar-refractivity contribution in [2.45, 2.75) is 0 Å². The van der Waals surface area contributed by atoms with Crippen molar-refractivity contribution >= 4 is 33.1 Å². The Bertz CT molecular complexity index is 1520. The standard InChI is InChI=1S/C23H13FN4O/c24-17-11-10-16(21-20(17)15-8-4-5-9-19(15)29-21)23-27-22-18(12-25-13-26-22)28(23)14-6-2-1-3-7-14/h1-13H. The third kappa shape index (κ3) is 2.29. The van der Waals surface area contributed by atoms with Gasteiger partial charge in [0, 0.05) is 11.1 Å². The summed E-state index contributed by atoms with van der Waals surface area (Å²) in [5.74, 6) is 0.298. The zero-order valence-electron chi connectivity index (χ0n) is 15.1. The van der Waals surface area contributed by atoms with Crippen LogP contribution >= 0.6 is 0 Å². The number of furan rings is 1. The highest BCUT2D eigenvalue weighted by molar-refractivity contribution is 6.09. The molecule has 3 aromatic carbocycles. The molecule has 3 aromatic heterocycles. The van der Waals surface area contributed by atoms with Gasteiger partial charge < -0.3 is 4.42 Å². The van der Waals surface area contributed by atoms with Crippen molar-refractivity contribution in [3.63, 3.8) is 0 Å². The van der Waals surface area contributed by atoms with Crippen molar-refractivity contribution in [2.24, 2.45) is 0 Å². The van der Waals surface area contributed by atoms with Crippen LogP contribution in [-0.2, 0) is 0 Å². The summed E-state index contributed by atoms with van der Waals surface area (Å²) < 4.78 is 22.8. The predicted molar refractivity (Wildman–Crippen MR) is 109 cm³/mol. The highest BCUT2D eigenvalue weighted by Crippen LogP contribution is 2.38. The van der Waals surface area contributed by atoms with Gasteiger partial charge in [-0.15, -0.1) is 0 Å². The Morgan fingerprint density at radius 3 is 2.62 bits per heavy atom. The van der Waals surface area contributed by atoms with Crippen LogP contribution in [0.1, 0.15) is 0 Å². The van der Waals surface area contributed by atoms with E-state index < -0.39 is 0 Å². The lowest BCUT2D eigenvalue weighted by Crippen LogP contribution is -1.98. The van der Waals surface area contributed by atoms with Crippen LogP contribution in [0.5, 0.6) is 0 Å². The van der Waals surface area contributed by atoms with Crippen LogP contribution in [-0.4, -0.2) is 19.5 Å². The fraction of sp³-hybridized carbons (Fsp3) is 0. The van der Waals surface area contributed by atoms with Gasteiger partial charge in [0.2, 0.25) is 0 Å². The molecule has 29 heavy (non-hydrogen) atoms. The second-order valence-electron chi connectivity index (χ2n) is 6.74. The molecule has 138 valence electrons. The maximum atomic E-state index is 14.8. The van der Waals surface area contributed by atoms with E-state index in [4.69, 9.17) is 9.40 Å². The average molecular weight is 380 g/mol. The largest absolute Gasteiger partial charge is 0.455 e. The van der Waals surface area contributed by atoms with E-state index in [9.17, 15) is 4.39 Å². The monoisotopic (exact) mass is 380 g/mol.